The third-order valence-electron chi connectivity index (χ3n) is 3.50. The first-order valence-corrected chi connectivity index (χ1v) is 9.44. The molecule has 0 radical (unpaired) electrons. The van der Waals surface area contributed by atoms with E-state index in [0.717, 1.165) is 0 Å². The van der Waals surface area contributed by atoms with Crippen molar-refractivity contribution in [3.8, 4) is 0 Å². The first-order chi connectivity index (χ1) is 11.4. The van der Waals surface area contributed by atoms with Gasteiger partial charge in [-0.3, -0.25) is 4.79 Å². The minimum absolute atomic E-state index is 0.0295. The summed E-state index contributed by atoms with van der Waals surface area (Å²) in [6.45, 7) is 1.85. The van der Waals surface area contributed by atoms with Crippen molar-refractivity contribution in [2.24, 2.45) is 5.73 Å². The van der Waals surface area contributed by atoms with Crippen LogP contribution < -0.4 is 11.1 Å². The lowest BCUT2D eigenvalue weighted by molar-refractivity contribution is -0.116. The molecule has 2 aromatic carbocycles. The standard InChI is InChI=1S/C18H22N2O3S/c1-14(19)10-11-18(21)20-16-7-5-6-15(12-16)13-24(22,23)17-8-3-2-4-9-17/h2-9,12,14H,10-11,13,19H2,1H3,(H,20,21). The Morgan fingerprint density at radius 1 is 1.12 bits per heavy atom. The molecule has 0 fully saturated rings. The second-order valence-corrected chi connectivity index (χ2v) is 7.83. The Kier molecular flexibility index (Phi) is 6.11. The number of sulfone groups is 1. The van der Waals surface area contributed by atoms with Crippen molar-refractivity contribution < 1.29 is 13.2 Å². The second kappa shape index (κ2) is 8.08. The molecule has 0 saturated carbocycles. The van der Waals surface area contributed by atoms with E-state index in [9.17, 15) is 13.2 Å². The van der Waals surface area contributed by atoms with E-state index >= 15 is 0 Å². The van der Waals surface area contributed by atoms with E-state index < -0.39 is 9.84 Å². The lowest BCUT2D eigenvalue weighted by Crippen LogP contribution is -2.19. The normalized spacial score (nSPS) is 12.6. The lowest BCUT2D eigenvalue weighted by Gasteiger charge is -2.09. The summed E-state index contributed by atoms with van der Waals surface area (Å²) >= 11 is 0. The molecule has 0 heterocycles. The maximum absolute atomic E-state index is 12.4. The van der Waals surface area contributed by atoms with Crippen LogP contribution in [0.2, 0.25) is 0 Å². The predicted octanol–water partition coefficient (Wildman–Crippen LogP) is 2.73. The fraction of sp³-hybridized carbons (Fsp3) is 0.278. The fourth-order valence-corrected chi connectivity index (χ4v) is 3.61. The SMILES string of the molecule is CC(N)CCC(=O)Nc1cccc(CS(=O)(=O)c2ccccc2)c1. The van der Waals surface area contributed by atoms with Gasteiger partial charge in [0.2, 0.25) is 5.91 Å². The topological polar surface area (TPSA) is 89.3 Å². The predicted molar refractivity (Wildman–Crippen MR) is 95.3 cm³/mol. The average molecular weight is 346 g/mol. The Bertz CT molecular complexity index is 787. The van der Waals surface area contributed by atoms with E-state index in [-0.39, 0.29) is 22.6 Å². The van der Waals surface area contributed by atoms with Crippen LogP contribution in [0, 0.1) is 0 Å². The van der Waals surface area contributed by atoms with Gasteiger partial charge in [-0.05, 0) is 43.2 Å². The van der Waals surface area contributed by atoms with E-state index in [1.165, 1.54) is 0 Å². The molecule has 0 bridgehead atoms. The van der Waals surface area contributed by atoms with E-state index in [1.807, 2.05) is 6.92 Å². The van der Waals surface area contributed by atoms with E-state index in [4.69, 9.17) is 5.73 Å². The highest BCUT2D eigenvalue weighted by molar-refractivity contribution is 7.90. The molecule has 1 amide bonds. The van der Waals surface area contributed by atoms with Gasteiger partial charge in [0, 0.05) is 18.2 Å². The van der Waals surface area contributed by atoms with Crippen LogP contribution >= 0.6 is 0 Å². The summed E-state index contributed by atoms with van der Waals surface area (Å²) in [4.78, 5) is 12.1. The highest BCUT2D eigenvalue weighted by atomic mass is 32.2. The molecule has 0 aliphatic rings. The van der Waals surface area contributed by atoms with Crippen LogP contribution in [0.1, 0.15) is 25.3 Å². The zero-order chi connectivity index (χ0) is 17.6. The van der Waals surface area contributed by atoms with Gasteiger partial charge in [0.05, 0.1) is 10.6 Å². The number of carbonyl (C=O) groups is 1. The zero-order valence-corrected chi connectivity index (χ0v) is 14.4. The number of hydrogen-bond acceptors (Lipinski definition) is 4. The van der Waals surface area contributed by atoms with Gasteiger partial charge in [-0.1, -0.05) is 30.3 Å². The zero-order valence-electron chi connectivity index (χ0n) is 13.6. The van der Waals surface area contributed by atoms with Crippen molar-refractivity contribution in [1.29, 1.82) is 0 Å². The van der Waals surface area contributed by atoms with E-state index in [1.54, 1.807) is 54.6 Å². The molecule has 1 unspecified atom stereocenters. The summed E-state index contributed by atoms with van der Waals surface area (Å²) in [6.07, 6.45) is 0.943. The molecule has 128 valence electrons. The van der Waals surface area contributed by atoms with Gasteiger partial charge in [-0.15, -0.1) is 0 Å². The van der Waals surface area contributed by atoms with Gasteiger partial charge in [-0.2, -0.15) is 0 Å². The van der Waals surface area contributed by atoms with Crippen LogP contribution in [0.3, 0.4) is 0 Å². The van der Waals surface area contributed by atoms with Gasteiger partial charge in [0.1, 0.15) is 0 Å². The summed E-state index contributed by atoms with van der Waals surface area (Å²) < 4.78 is 24.8. The van der Waals surface area contributed by atoms with Gasteiger partial charge < -0.3 is 11.1 Å². The molecule has 2 aromatic rings. The van der Waals surface area contributed by atoms with Crippen LogP contribution in [0.5, 0.6) is 0 Å². The highest BCUT2D eigenvalue weighted by Crippen LogP contribution is 2.19. The average Bonchev–Trinajstić information content (AvgIpc) is 2.54. The molecule has 0 aliphatic carbocycles. The molecular weight excluding hydrogens is 324 g/mol. The molecule has 3 N–H and O–H groups in total. The molecule has 1 atom stereocenters. The first-order valence-electron chi connectivity index (χ1n) is 7.79. The molecule has 24 heavy (non-hydrogen) atoms. The summed E-state index contributed by atoms with van der Waals surface area (Å²) in [5.74, 6) is -0.240. The van der Waals surface area contributed by atoms with Gasteiger partial charge >= 0.3 is 0 Å². The van der Waals surface area contributed by atoms with Gasteiger partial charge in [0.15, 0.2) is 9.84 Å². The largest absolute Gasteiger partial charge is 0.328 e. The molecule has 0 aliphatic heterocycles. The minimum Gasteiger partial charge on any atom is -0.328 e. The maximum Gasteiger partial charge on any atom is 0.224 e. The third-order valence-corrected chi connectivity index (χ3v) is 5.20. The van der Waals surface area contributed by atoms with Crippen LogP contribution in [0.15, 0.2) is 59.5 Å². The number of hydrogen-bond donors (Lipinski definition) is 2. The number of nitrogens with two attached hydrogens (primary N) is 1. The van der Waals surface area contributed by atoms with Crippen molar-refractivity contribution >= 4 is 21.4 Å². The summed E-state index contributed by atoms with van der Waals surface area (Å²) in [5, 5.41) is 2.77. The Labute approximate surface area is 142 Å². The van der Waals surface area contributed by atoms with Crippen LogP contribution in [-0.2, 0) is 20.4 Å². The monoisotopic (exact) mass is 346 g/mol. The minimum atomic E-state index is -3.41. The number of anilines is 1. The van der Waals surface area contributed by atoms with Crippen molar-refractivity contribution in [2.75, 3.05) is 5.32 Å². The Hall–Kier alpha value is -2.18. The van der Waals surface area contributed by atoms with Crippen molar-refractivity contribution in [3.05, 3.63) is 60.2 Å². The Morgan fingerprint density at radius 2 is 1.83 bits per heavy atom. The molecule has 0 spiro atoms. The van der Waals surface area contributed by atoms with Crippen LogP contribution in [-0.4, -0.2) is 20.4 Å². The first kappa shape index (κ1) is 18.2. The quantitative estimate of drug-likeness (QED) is 0.807. The van der Waals surface area contributed by atoms with Crippen molar-refractivity contribution in [3.63, 3.8) is 0 Å². The molecular formula is C18H22N2O3S. The molecule has 0 saturated heterocycles. The maximum atomic E-state index is 12.4. The molecule has 0 aromatic heterocycles. The highest BCUT2D eigenvalue weighted by Gasteiger charge is 2.15. The van der Waals surface area contributed by atoms with E-state index in [2.05, 4.69) is 5.32 Å². The Balaban J connectivity index is 2.06. The van der Waals surface area contributed by atoms with E-state index in [0.29, 0.717) is 24.1 Å². The second-order valence-electron chi connectivity index (χ2n) is 5.84. The van der Waals surface area contributed by atoms with Crippen LogP contribution in [0.25, 0.3) is 0 Å². The number of amides is 1. The summed E-state index contributed by atoms with van der Waals surface area (Å²) in [5.41, 5.74) is 6.85. The Morgan fingerprint density at radius 3 is 2.50 bits per heavy atom. The third kappa shape index (κ3) is 5.47. The molecule has 5 nitrogen and oxygen atoms in total. The number of benzene rings is 2. The summed E-state index contributed by atoms with van der Waals surface area (Å²) in [7, 11) is -3.41. The van der Waals surface area contributed by atoms with Crippen molar-refractivity contribution in [1.82, 2.24) is 0 Å². The molecule has 6 heteroatoms. The molecule has 2 rings (SSSR count). The number of carbonyl (C=O) groups excluding carboxylic acids is 1. The number of rotatable bonds is 7. The number of nitrogens with one attached hydrogen (secondary N) is 1. The van der Waals surface area contributed by atoms with Gasteiger partial charge in [0.25, 0.3) is 0 Å². The van der Waals surface area contributed by atoms with Crippen molar-refractivity contribution in [2.45, 2.75) is 36.5 Å². The van der Waals surface area contributed by atoms with Crippen LogP contribution in [0.4, 0.5) is 5.69 Å². The summed E-state index contributed by atoms with van der Waals surface area (Å²) in [6, 6.07) is 15.2. The fourth-order valence-electron chi connectivity index (χ4n) is 2.25. The lowest BCUT2D eigenvalue weighted by atomic mass is 10.2. The smallest absolute Gasteiger partial charge is 0.224 e. The van der Waals surface area contributed by atoms with Gasteiger partial charge in [-0.25, -0.2) is 8.42 Å².